The number of carboxylic acids is 1. The topological polar surface area (TPSA) is 88.0 Å². The van der Waals surface area contributed by atoms with Crippen LogP contribution in [-0.4, -0.2) is 55.2 Å². The van der Waals surface area contributed by atoms with E-state index < -0.39 is 12.1 Å². The number of rotatable bonds is 13. The molecule has 0 aliphatic heterocycles. The molecule has 0 aliphatic carbocycles. The minimum absolute atomic E-state index is 0.233. The molecule has 2 unspecified atom stereocenters. The lowest BCUT2D eigenvalue weighted by atomic mass is 9.97. The summed E-state index contributed by atoms with van der Waals surface area (Å²) in [6.07, 6.45) is 1.24. The first kappa shape index (κ1) is 21.4. The van der Waals surface area contributed by atoms with Crippen LogP contribution in [0.3, 0.4) is 0 Å². The van der Waals surface area contributed by atoms with Gasteiger partial charge in [-0.15, -0.1) is 0 Å². The van der Waals surface area contributed by atoms with Crippen LogP contribution >= 0.6 is 0 Å². The molecule has 0 heterocycles. The van der Waals surface area contributed by atoms with E-state index in [1.165, 1.54) is 0 Å². The van der Waals surface area contributed by atoms with E-state index >= 15 is 0 Å². The van der Waals surface area contributed by atoms with Crippen molar-refractivity contribution in [1.29, 1.82) is 0 Å². The van der Waals surface area contributed by atoms with Gasteiger partial charge in [-0.05, 0) is 37.0 Å². The molecule has 0 bridgehead atoms. The maximum Gasteiger partial charge on any atom is 0.306 e. The van der Waals surface area contributed by atoms with E-state index in [1.54, 1.807) is 7.11 Å². The molecule has 1 aromatic rings. The zero-order valence-corrected chi connectivity index (χ0v) is 15.4. The largest absolute Gasteiger partial charge is 0.491 e. The maximum absolute atomic E-state index is 11.2. The second-order valence-corrected chi connectivity index (χ2v) is 6.53. The number of aliphatic hydroxyl groups excluding tert-OH is 1. The molecule has 0 aliphatic rings. The number of ether oxygens (including phenoxy) is 2. The van der Waals surface area contributed by atoms with Gasteiger partial charge in [0.05, 0.1) is 5.92 Å². The molecule has 0 aromatic heterocycles. The van der Waals surface area contributed by atoms with Gasteiger partial charge in [0.2, 0.25) is 0 Å². The number of carboxylic acid groups (broad SMARTS) is 1. The highest BCUT2D eigenvalue weighted by molar-refractivity contribution is 5.69. The highest BCUT2D eigenvalue weighted by Crippen LogP contribution is 2.17. The average molecular weight is 353 g/mol. The van der Waals surface area contributed by atoms with Gasteiger partial charge in [0.25, 0.3) is 0 Å². The number of carbonyl (C=O) groups is 1. The summed E-state index contributed by atoms with van der Waals surface area (Å²) in [5.74, 6) is -0.470. The van der Waals surface area contributed by atoms with Crippen molar-refractivity contribution in [2.45, 2.75) is 45.3 Å². The summed E-state index contributed by atoms with van der Waals surface area (Å²) in [7, 11) is 1.58. The van der Waals surface area contributed by atoms with Gasteiger partial charge >= 0.3 is 5.97 Å². The minimum atomic E-state index is -0.777. The van der Waals surface area contributed by atoms with Gasteiger partial charge in [0.1, 0.15) is 18.5 Å². The van der Waals surface area contributed by atoms with Crippen LogP contribution in [0.1, 0.15) is 32.3 Å². The minimum Gasteiger partial charge on any atom is -0.491 e. The molecule has 3 N–H and O–H groups in total. The molecule has 1 aromatic carbocycles. The number of aliphatic hydroxyl groups is 1. The lowest BCUT2D eigenvalue weighted by Crippen LogP contribution is -2.35. The number of methoxy groups -OCH3 is 1. The van der Waals surface area contributed by atoms with E-state index in [9.17, 15) is 15.0 Å². The summed E-state index contributed by atoms with van der Waals surface area (Å²) >= 11 is 0. The lowest BCUT2D eigenvalue weighted by molar-refractivity contribution is -0.142. The Morgan fingerprint density at radius 3 is 2.44 bits per heavy atom. The highest BCUT2D eigenvalue weighted by atomic mass is 16.5. The summed E-state index contributed by atoms with van der Waals surface area (Å²) in [4.78, 5) is 11.2. The zero-order chi connectivity index (χ0) is 18.7. The number of nitrogens with one attached hydrogen (secondary N) is 1. The van der Waals surface area contributed by atoms with Crippen molar-refractivity contribution in [2.75, 3.05) is 26.9 Å². The second kappa shape index (κ2) is 11.8. The van der Waals surface area contributed by atoms with Crippen LogP contribution < -0.4 is 10.1 Å². The normalized spacial score (nSPS) is 13.6. The Kier molecular flexibility index (Phi) is 10.1. The van der Waals surface area contributed by atoms with Crippen LogP contribution in [0.5, 0.6) is 5.75 Å². The second-order valence-electron chi connectivity index (χ2n) is 6.53. The van der Waals surface area contributed by atoms with Crippen LogP contribution in [0.15, 0.2) is 24.3 Å². The molecular weight excluding hydrogens is 322 g/mol. The van der Waals surface area contributed by atoms with Crippen molar-refractivity contribution in [2.24, 2.45) is 5.92 Å². The van der Waals surface area contributed by atoms with Gasteiger partial charge in [-0.2, -0.15) is 0 Å². The zero-order valence-electron chi connectivity index (χ0n) is 15.4. The first-order valence-electron chi connectivity index (χ1n) is 8.77. The highest BCUT2D eigenvalue weighted by Gasteiger charge is 2.16. The standard InChI is InChI=1S/C19H31NO5/c1-14(2)20-12-17(21)13-25-18-8-5-15(6-9-18)4-7-16(19(22)23)10-11-24-3/h5-6,8-9,14,16-17,20-21H,4,7,10-13H2,1-3H3,(H,22,23). The molecule has 0 fully saturated rings. The third-order valence-electron chi connectivity index (χ3n) is 3.93. The molecule has 0 amide bonds. The molecule has 0 saturated carbocycles. The fourth-order valence-electron chi connectivity index (χ4n) is 2.37. The Hall–Kier alpha value is -1.63. The van der Waals surface area contributed by atoms with Crippen LogP contribution in [0.25, 0.3) is 0 Å². The molecule has 0 saturated heterocycles. The summed E-state index contributed by atoms with van der Waals surface area (Å²) in [5, 5.41) is 22.2. The van der Waals surface area contributed by atoms with Crippen LogP contribution in [-0.2, 0) is 16.0 Å². The third-order valence-corrected chi connectivity index (χ3v) is 3.93. The fourth-order valence-corrected chi connectivity index (χ4v) is 2.37. The van der Waals surface area contributed by atoms with Crippen LogP contribution in [0, 0.1) is 5.92 Å². The Labute approximate surface area is 150 Å². The smallest absolute Gasteiger partial charge is 0.306 e. The SMILES string of the molecule is COCCC(CCc1ccc(OCC(O)CNC(C)C)cc1)C(=O)O. The number of benzene rings is 1. The van der Waals surface area contributed by atoms with Gasteiger partial charge < -0.3 is 25.0 Å². The van der Waals surface area contributed by atoms with Gasteiger partial charge in [-0.3, -0.25) is 4.79 Å². The predicted molar refractivity (Wildman–Crippen MR) is 97.0 cm³/mol. The molecule has 6 heteroatoms. The Balaban J connectivity index is 2.38. The number of aliphatic carboxylic acids is 1. The van der Waals surface area contributed by atoms with Gasteiger partial charge in [-0.1, -0.05) is 26.0 Å². The van der Waals surface area contributed by atoms with E-state index in [0.717, 1.165) is 5.56 Å². The number of aryl methyl sites for hydroxylation is 1. The lowest BCUT2D eigenvalue weighted by Gasteiger charge is -2.15. The molecule has 1 rings (SSSR count). The summed E-state index contributed by atoms with van der Waals surface area (Å²) in [6.45, 7) is 5.23. The molecule has 6 nitrogen and oxygen atoms in total. The Bertz CT molecular complexity index is 489. The summed E-state index contributed by atoms with van der Waals surface area (Å²) in [5.41, 5.74) is 1.07. The van der Waals surface area contributed by atoms with E-state index in [4.69, 9.17) is 9.47 Å². The van der Waals surface area contributed by atoms with Crippen molar-refractivity contribution in [3.05, 3.63) is 29.8 Å². The molecular formula is C19H31NO5. The molecule has 2 atom stereocenters. The van der Waals surface area contributed by atoms with Gasteiger partial charge in [0, 0.05) is 26.3 Å². The van der Waals surface area contributed by atoms with Crippen LogP contribution in [0.2, 0.25) is 0 Å². The Morgan fingerprint density at radius 2 is 1.88 bits per heavy atom. The van der Waals surface area contributed by atoms with Crippen molar-refractivity contribution < 1.29 is 24.5 Å². The quantitative estimate of drug-likeness (QED) is 0.503. The van der Waals surface area contributed by atoms with E-state index in [1.807, 2.05) is 38.1 Å². The van der Waals surface area contributed by atoms with Crippen molar-refractivity contribution in [3.63, 3.8) is 0 Å². The molecule has 0 spiro atoms. The van der Waals surface area contributed by atoms with Gasteiger partial charge in [-0.25, -0.2) is 0 Å². The Morgan fingerprint density at radius 1 is 1.20 bits per heavy atom. The number of hydrogen-bond acceptors (Lipinski definition) is 5. The first-order valence-corrected chi connectivity index (χ1v) is 8.77. The van der Waals surface area contributed by atoms with Crippen molar-refractivity contribution in [3.8, 4) is 5.75 Å². The number of hydrogen-bond donors (Lipinski definition) is 3. The van der Waals surface area contributed by atoms with Crippen molar-refractivity contribution >= 4 is 5.97 Å². The van der Waals surface area contributed by atoms with Crippen LogP contribution in [0.4, 0.5) is 0 Å². The average Bonchev–Trinajstić information content (AvgIpc) is 2.58. The third kappa shape index (κ3) is 9.43. The predicted octanol–water partition coefficient (Wildman–Crippen LogP) is 2.09. The van der Waals surface area contributed by atoms with E-state index in [0.29, 0.717) is 44.2 Å². The molecule has 25 heavy (non-hydrogen) atoms. The monoisotopic (exact) mass is 353 g/mol. The molecule has 142 valence electrons. The summed E-state index contributed by atoms with van der Waals surface area (Å²) in [6, 6.07) is 7.89. The molecule has 0 radical (unpaired) electrons. The summed E-state index contributed by atoms with van der Waals surface area (Å²) < 4.78 is 10.5. The maximum atomic E-state index is 11.2. The van der Waals surface area contributed by atoms with Gasteiger partial charge in [0.15, 0.2) is 0 Å². The van der Waals surface area contributed by atoms with Crippen molar-refractivity contribution in [1.82, 2.24) is 5.32 Å². The van der Waals surface area contributed by atoms with E-state index in [-0.39, 0.29) is 12.5 Å². The fraction of sp³-hybridized carbons (Fsp3) is 0.632. The van der Waals surface area contributed by atoms with E-state index in [2.05, 4.69) is 5.32 Å². The first-order chi connectivity index (χ1) is 11.9.